The Labute approximate surface area is 178 Å². The number of carbonyl (C=O) groups is 1. The minimum atomic E-state index is -0.252. The molecule has 1 unspecified atom stereocenters. The predicted octanol–water partition coefficient (Wildman–Crippen LogP) is 5.46. The number of pyridine rings is 1. The van der Waals surface area contributed by atoms with Crippen molar-refractivity contribution in [2.75, 3.05) is 18.0 Å². The molecule has 0 N–H and O–H groups in total. The van der Waals surface area contributed by atoms with E-state index >= 15 is 0 Å². The first-order valence-electron chi connectivity index (χ1n) is 10.3. The smallest absolute Gasteiger partial charge is 0.140 e. The highest BCUT2D eigenvalue weighted by Crippen LogP contribution is 2.28. The summed E-state index contributed by atoms with van der Waals surface area (Å²) in [5.41, 5.74) is 3.44. The van der Waals surface area contributed by atoms with Crippen molar-refractivity contribution in [2.24, 2.45) is 5.92 Å². The van der Waals surface area contributed by atoms with Gasteiger partial charge in [0.05, 0.1) is 10.6 Å². The van der Waals surface area contributed by atoms with Crippen LogP contribution in [0.4, 0.5) is 5.82 Å². The Hall–Kier alpha value is -2.38. The standard InChI is InChI=1S/C24H28ClN3O/c1-16-10-12-28(13-11-16)24-19(5-4-17(2)27-24)8-9-23(29)18(3)20-6-7-21(15-26)22(25)14-20/h4-7,14,16,18H,8-13H2,1-3H3. The van der Waals surface area contributed by atoms with Gasteiger partial charge in [-0.25, -0.2) is 4.98 Å². The molecule has 1 aliphatic rings. The zero-order valence-corrected chi connectivity index (χ0v) is 18.2. The molecule has 1 aliphatic heterocycles. The van der Waals surface area contributed by atoms with Crippen LogP contribution in [0.1, 0.15) is 61.4 Å². The Morgan fingerprint density at radius 2 is 2.03 bits per heavy atom. The topological polar surface area (TPSA) is 57.0 Å². The summed E-state index contributed by atoms with van der Waals surface area (Å²) >= 11 is 6.14. The number of nitrogens with zero attached hydrogens (tertiary/aromatic N) is 3. The highest BCUT2D eigenvalue weighted by Gasteiger charge is 2.21. The zero-order valence-electron chi connectivity index (χ0n) is 17.4. The summed E-state index contributed by atoms with van der Waals surface area (Å²) in [6.45, 7) is 8.27. The lowest BCUT2D eigenvalue weighted by atomic mass is 9.92. The third-order valence-electron chi connectivity index (χ3n) is 5.92. The van der Waals surface area contributed by atoms with Gasteiger partial charge in [0.25, 0.3) is 0 Å². The van der Waals surface area contributed by atoms with E-state index in [-0.39, 0.29) is 11.7 Å². The first-order valence-corrected chi connectivity index (χ1v) is 10.7. The van der Waals surface area contributed by atoms with Gasteiger partial charge in [0.1, 0.15) is 17.7 Å². The van der Waals surface area contributed by atoms with E-state index in [0.717, 1.165) is 41.6 Å². The summed E-state index contributed by atoms with van der Waals surface area (Å²) in [6, 6.07) is 11.4. The lowest BCUT2D eigenvalue weighted by Crippen LogP contribution is -2.34. The molecule has 1 aromatic carbocycles. The van der Waals surface area contributed by atoms with Crippen LogP contribution in [0, 0.1) is 24.2 Å². The van der Waals surface area contributed by atoms with Gasteiger partial charge < -0.3 is 4.90 Å². The summed E-state index contributed by atoms with van der Waals surface area (Å²) in [5.74, 6) is 1.72. The number of carbonyl (C=O) groups excluding carboxylic acids is 1. The number of anilines is 1. The molecule has 0 bridgehead atoms. The van der Waals surface area contributed by atoms with Crippen molar-refractivity contribution in [3.05, 3.63) is 57.7 Å². The molecule has 4 nitrogen and oxygen atoms in total. The highest BCUT2D eigenvalue weighted by molar-refractivity contribution is 6.31. The molecule has 1 saturated heterocycles. The quantitative estimate of drug-likeness (QED) is 0.635. The van der Waals surface area contributed by atoms with Crippen LogP contribution >= 0.6 is 11.6 Å². The van der Waals surface area contributed by atoms with Crippen molar-refractivity contribution in [3.8, 4) is 6.07 Å². The van der Waals surface area contributed by atoms with E-state index in [9.17, 15) is 4.79 Å². The van der Waals surface area contributed by atoms with E-state index in [4.69, 9.17) is 21.8 Å². The number of benzene rings is 1. The SMILES string of the molecule is Cc1ccc(CCC(=O)C(C)c2ccc(C#N)c(Cl)c2)c(N2CCC(C)CC2)n1. The van der Waals surface area contributed by atoms with E-state index < -0.39 is 0 Å². The molecule has 0 saturated carbocycles. The van der Waals surface area contributed by atoms with Crippen LogP contribution < -0.4 is 4.90 Å². The second kappa shape index (κ2) is 9.41. The molecule has 152 valence electrons. The molecule has 1 atom stereocenters. The molecule has 2 heterocycles. The van der Waals surface area contributed by atoms with Crippen molar-refractivity contribution in [2.45, 2.75) is 52.4 Å². The van der Waals surface area contributed by atoms with Crippen LogP contribution in [0.25, 0.3) is 0 Å². The number of ketones is 1. The number of hydrogen-bond acceptors (Lipinski definition) is 4. The molecule has 1 aromatic heterocycles. The van der Waals surface area contributed by atoms with E-state index in [1.54, 1.807) is 12.1 Å². The van der Waals surface area contributed by atoms with Crippen molar-refractivity contribution in [3.63, 3.8) is 0 Å². The van der Waals surface area contributed by atoms with Gasteiger partial charge in [-0.15, -0.1) is 0 Å². The van der Waals surface area contributed by atoms with Crippen molar-refractivity contribution < 1.29 is 4.79 Å². The van der Waals surface area contributed by atoms with Crippen LogP contribution in [0.2, 0.25) is 5.02 Å². The Morgan fingerprint density at radius 1 is 1.31 bits per heavy atom. The molecule has 0 amide bonds. The van der Waals surface area contributed by atoms with E-state index in [2.05, 4.69) is 24.0 Å². The van der Waals surface area contributed by atoms with Crippen molar-refractivity contribution in [1.82, 2.24) is 4.98 Å². The van der Waals surface area contributed by atoms with Crippen molar-refractivity contribution in [1.29, 1.82) is 5.26 Å². The number of aryl methyl sites for hydroxylation is 2. The monoisotopic (exact) mass is 409 g/mol. The predicted molar refractivity (Wildman–Crippen MR) is 117 cm³/mol. The molecule has 29 heavy (non-hydrogen) atoms. The molecule has 3 rings (SSSR count). The van der Waals surface area contributed by atoms with Crippen LogP contribution in [0.15, 0.2) is 30.3 Å². The maximum absolute atomic E-state index is 12.8. The minimum absolute atomic E-state index is 0.171. The van der Waals surface area contributed by atoms with E-state index in [1.165, 1.54) is 12.8 Å². The summed E-state index contributed by atoms with van der Waals surface area (Å²) < 4.78 is 0. The second-order valence-corrected chi connectivity index (χ2v) is 8.55. The van der Waals surface area contributed by atoms with E-state index in [0.29, 0.717) is 23.4 Å². The summed E-state index contributed by atoms with van der Waals surface area (Å²) in [4.78, 5) is 20.0. The van der Waals surface area contributed by atoms with Crippen LogP contribution in [-0.4, -0.2) is 23.9 Å². The Bertz CT molecular complexity index is 926. The maximum Gasteiger partial charge on any atom is 0.140 e. The normalized spacial score (nSPS) is 15.8. The molecule has 2 aromatic rings. The van der Waals surface area contributed by atoms with Crippen LogP contribution in [-0.2, 0) is 11.2 Å². The van der Waals surface area contributed by atoms with Gasteiger partial charge in [0, 0.05) is 31.1 Å². The largest absolute Gasteiger partial charge is 0.356 e. The van der Waals surface area contributed by atoms with Crippen LogP contribution in [0.5, 0.6) is 0 Å². The van der Waals surface area contributed by atoms with Gasteiger partial charge >= 0.3 is 0 Å². The summed E-state index contributed by atoms with van der Waals surface area (Å²) in [7, 11) is 0. The molecule has 0 radical (unpaired) electrons. The van der Waals surface area contributed by atoms with Gasteiger partial charge in [0.2, 0.25) is 0 Å². The number of hydrogen-bond donors (Lipinski definition) is 0. The van der Waals surface area contributed by atoms with Crippen LogP contribution in [0.3, 0.4) is 0 Å². The fourth-order valence-electron chi connectivity index (χ4n) is 3.81. The Kier molecular flexibility index (Phi) is 6.92. The van der Waals surface area contributed by atoms with Gasteiger partial charge in [-0.05, 0) is 61.4 Å². The van der Waals surface area contributed by atoms with Gasteiger partial charge in [-0.3, -0.25) is 4.79 Å². The number of Topliss-reactive ketones (excluding diaryl/α,β-unsaturated/α-hetero) is 1. The number of aromatic nitrogens is 1. The third kappa shape index (κ3) is 5.16. The number of halogens is 1. The average Bonchev–Trinajstić information content (AvgIpc) is 2.72. The number of nitriles is 1. The summed E-state index contributed by atoms with van der Waals surface area (Å²) in [5, 5.41) is 9.42. The second-order valence-electron chi connectivity index (χ2n) is 8.14. The molecular formula is C24H28ClN3O. The lowest BCUT2D eigenvalue weighted by Gasteiger charge is -2.32. The maximum atomic E-state index is 12.8. The molecular weight excluding hydrogens is 382 g/mol. The first-order chi connectivity index (χ1) is 13.9. The summed E-state index contributed by atoms with van der Waals surface area (Å²) in [6.07, 6.45) is 3.51. The fourth-order valence-corrected chi connectivity index (χ4v) is 4.04. The third-order valence-corrected chi connectivity index (χ3v) is 6.23. The average molecular weight is 410 g/mol. The Balaban J connectivity index is 1.70. The molecule has 5 heteroatoms. The Morgan fingerprint density at radius 3 is 2.69 bits per heavy atom. The van der Waals surface area contributed by atoms with Gasteiger partial charge in [-0.2, -0.15) is 5.26 Å². The zero-order chi connectivity index (χ0) is 21.0. The first kappa shape index (κ1) is 21.3. The molecule has 1 fully saturated rings. The van der Waals surface area contributed by atoms with Gasteiger partial charge in [0.15, 0.2) is 0 Å². The minimum Gasteiger partial charge on any atom is -0.356 e. The highest BCUT2D eigenvalue weighted by atomic mass is 35.5. The fraction of sp³-hybridized carbons (Fsp3) is 0.458. The van der Waals surface area contributed by atoms with E-state index in [1.807, 2.05) is 26.0 Å². The lowest BCUT2D eigenvalue weighted by molar-refractivity contribution is -0.120. The number of rotatable bonds is 6. The number of piperidine rings is 1. The van der Waals surface area contributed by atoms with Gasteiger partial charge in [-0.1, -0.05) is 37.6 Å². The van der Waals surface area contributed by atoms with Crippen molar-refractivity contribution >= 4 is 23.2 Å². The molecule has 0 spiro atoms. The molecule has 0 aliphatic carbocycles.